The van der Waals surface area contributed by atoms with Gasteiger partial charge in [0.2, 0.25) is 0 Å². The highest BCUT2D eigenvalue weighted by atomic mass is 35.5. The molecule has 98 valence electrons. The molecule has 2 aromatic heterocycles. The normalized spacial score (nSPS) is 10.0. The lowest BCUT2D eigenvalue weighted by Gasteiger charge is -2.07. The Morgan fingerprint density at radius 3 is 2.84 bits per heavy atom. The number of hydrogen-bond donors (Lipinski definition) is 2. The highest BCUT2D eigenvalue weighted by Crippen LogP contribution is 2.17. The number of nitrogens with zero attached hydrogens (tertiary/aromatic N) is 3. The standard InChI is InChI=1S/C12H12ClN5O/c1-2-14-9-6-5-8(13)11(16-9)12(19)17-10-4-3-7-15-18-10/h3-7H,2H2,1H3,(H,14,16)(H,17,18,19). The number of halogens is 1. The molecule has 1 amide bonds. The summed E-state index contributed by atoms with van der Waals surface area (Å²) in [6.45, 7) is 2.65. The first-order chi connectivity index (χ1) is 9.20. The Hall–Kier alpha value is -2.21. The number of anilines is 2. The third kappa shape index (κ3) is 3.38. The lowest BCUT2D eigenvalue weighted by atomic mass is 10.3. The van der Waals surface area contributed by atoms with Crippen LogP contribution in [-0.2, 0) is 0 Å². The number of pyridine rings is 1. The maximum absolute atomic E-state index is 12.0. The number of hydrogen-bond acceptors (Lipinski definition) is 5. The van der Waals surface area contributed by atoms with E-state index in [1.165, 1.54) is 6.20 Å². The van der Waals surface area contributed by atoms with Crippen molar-refractivity contribution in [3.05, 3.63) is 41.2 Å². The van der Waals surface area contributed by atoms with E-state index in [9.17, 15) is 4.79 Å². The van der Waals surface area contributed by atoms with Crippen molar-refractivity contribution in [1.29, 1.82) is 0 Å². The Bertz CT molecular complexity index is 576. The van der Waals surface area contributed by atoms with E-state index >= 15 is 0 Å². The van der Waals surface area contributed by atoms with Crippen molar-refractivity contribution in [2.75, 3.05) is 17.2 Å². The van der Waals surface area contributed by atoms with Crippen LogP contribution in [0.2, 0.25) is 5.02 Å². The van der Waals surface area contributed by atoms with Crippen LogP contribution in [0.3, 0.4) is 0 Å². The van der Waals surface area contributed by atoms with Gasteiger partial charge in [-0.2, -0.15) is 5.10 Å². The molecule has 0 radical (unpaired) electrons. The summed E-state index contributed by atoms with van der Waals surface area (Å²) in [5.41, 5.74) is 0.144. The van der Waals surface area contributed by atoms with Crippen molar-refractivity contribution >= 4 is 29.1 Å². The molecule has 0 spiro atoms. The third-order valence-electron chi connectivity index (χ3n) is 2.23. The molecule has 0 unspecified atom stereocenters. The van der Waals surface area contributed by atoms with Gasteiger partial charge in [0.25, 0.3) is 5.91 Å². The molecule has 0 bridgehead atoms. The summed E-state index contributed by atoms with van der Waals surface area (Å²) in [7, 11) is 0. The molecule has 7 heteroatoms. The largest absolute Gasteiger partial charge is 0.370 e. The molecule has 0 saturated heterocycles. The van der Waals surface area contributed by atoms with Crippen LogP contribution in [0.1, 0.15) is 17.4 Å². The Balaban J connectivity index is 2.21. The summed E-state index contributed by atoms with van der Waals surface area (Å²) in [6.07, 6.45) is 1.52. The number of nitrogens with one attached hydrogen (secondary N) is 2. The molecule has 2 aromatic rings. The molecule has 0 aromatic carbocycles. The van der Waals surface area contributed by atoms with Gasteiger partial charge in [0.15, 0.2) is 5.82 Å². The molecular formula is C12H12ClN5O. The number of amides is 1. The average Bonchev–Trinajstić information content (AvgIpc) is 2.42. The zero-order chi connectivity index (χ0) is 13.7. The van der Waals surface area contributed by atoms with E-state index in [4.69, 9.17) is 11.6 Å². The van der Waals surface area contributed by atoms with E-state index in [1.807, 2.05) is 6.92 Å². The monoisotopic (exact) mass is 277 g/mol. The Kier molecular flexibility index (Phi) is 4.25. The van der Waals surface area contributed by atoms with Crippen LogP contribution in [0.15, 0.2) is 30.5 Å². The van der Waals surface area contributed by atoms with Gasteiger partial charge in [0.1, 0.15) is 11.5 Å². The fourth-order valence-corrected chi connectivity index (χ4v) is 1.62. The van der Waals surface area contributed by atoms with Crippen LogP contribution < -0.4 is 10.6 Å². The van der Waals surface area contributed by atoms with Gasteiger partial charge in [0, 0.05) is 12.7 Å². The second-order valence-electron chi connectivity index (χ2n) is 3.62. The lowest BCUT2D eigenvalue weighted by Crippen LogP contribution is -2.16. The quantitative estimate of drug-likeness (QED) is 0.896. The second-order valence-corrected chi connectivity index (χ2v) is 4.03. The topological polar surface area (TPSA) is 79.8 Å². The van der Waals surface area contributed by atoms with Crippen molar-refractivity contribution in [3.8, 4) is 0 Å². The van der Waals surface area contributed by atoms with E-state index in [-0.39, 0.29) is 10.7 Å². The van der Waals surface area contributed by atoms with Gasteiger partial charge < -0.3 is 10.6 Å². The SMILES string of the molecule is CCNc1ccc(Cl)c(C(=O)Nc2cccnn2)n1. The summed E-state index contributed by atoms with van der Waals surface area (Å²) in [4.78, 5) is 16.2. The van der Waals surface area contributed by atoms with Gasteiger partial charge in [-0.1, -0.05) is 11.6 Å². The predicted molar refractivity (Wildman–Crippen MR) is 73.4 cm³/mol. The first-order valence-corrected chi connectivity index (χ1v) is 6.08. The van der Waals surface area contributed by atoms with Gasteiger partial charge in [-0.05, 0) is 31.2 Å². The Labute approximate surface area is 115 Å². The Morgan fingerprint density at radius 1 is 1.32 bits per heavy atom. The van der Waals surface area contributed by atoms with E-state index in [0.29, 0.717) is 18.2 Å². The minimum atomic E-state index is -0.426. The summed E-state index contributed by atoms with van der Waals surface area (Å²) < 4.78 is 0. The predicted octanol–water partition coefficient (Wildman–Crippen LogP) is 2.21. The average molecular weight is 278 g/mol. The first-order valence-electron chi connectivity index (χ1n) is 5.70. The molecule has 0 atom stereocenters. The fourth-order valence-electron chi connectivity index (χ4n) is 1.42. The van der Waals surface area contributed by atoms with Crippen molar-refractivity contribution in [2.24, 2.45) is 0 Å². The molecule has 2 heterocycles. The highest BCUT2D eigenvalue weighted by Gasteiger charge is 2.14. The summed E-state index contributed by atoms with van der Waals surface area (Å²) in [5.74, 6) is 0.515. The van der Waals surface area contributed by atoms with Gasteiger partial charge in [-0.25, -0.2) is 4.98 Å². The smallest absolute Gasteiger partial charge is 0.277 e. The molecule has 19 heavy (non-hydrogen) atoms. The van der Waals surface area contributed by atoms with Crippen LogP contribution in [0, 0.1) is 0 Å². The maximum Gasteiger partial charge on any atom is 0.277 e. The summed E-state index contributed by atoms with van der Waals surface area (Å²) >= 11 is 5.97. The molecule has 0 fully saturated rings. The van der Waals surface area contributed by atoms with Crippen molar-refractivity contribution in [3.63, 3.8) is 0 Å². The molecule has 2 rings (SSSR count). The van der Waals surface area contributed by atoms with E-state index in [1.54, 1.807) is 24.3 Å². The van der Waals surface area contributed by atoms with Gasteiger partial charge in [0.05, 0.1) is 5.02 Å². The molecule has 6 nitrogen and oxygen atoms in total. The molecular weight excluding hydrogens is 266 g/mol. The van der Waals surface area contributed by atoms with Crippen LogP contribution in [0.25, 0.3) is 0 Å². The third-order valence-corrected chi connectivity index (χ3v) is 2.54. The fraction of sp³-hybridized carbons (Fsp3) is 0.167. The summed E-state index contributed by atoms with van der Waals surface area (Å²) in [5, 5.41) is 13.3. The minimum absolute atomic E-state index is 0.144. The maximum atomic E-state index is 12.0. The van der Waals surface area contributed by atoms with Crippen LogP contribution in [-0.4, -0.2) is 27.6 Å². The number of carbonyl (C=O) groups is 1. The van der Waals surface area contributed by atoms with Crippen LogP contribution in [0.4, 0.5) is 11.6 Å². The molecule has 2 N–H and O–H groups in total. The Morgan fingerprint density at radius 2 is 2.16 bits per heavy atom. The van der Waals surface area contributed by atoms with E-state index in [2.05, 4.69) is 25.8 Å². The molecule has 0 saturated carbocycles. The van der Waals surface area contributed by atoms with Crippen LogP contribution >= 0.6 is 11.6 Å². The van der Waals surface area contributed by atoms with Crippen molar-refractivity contribution in [1.82, 2.24) is 15.2 Å². The summed E-state index contributed by atoms with van der Waals surface area (Å²) in [6, 6.07) is 6.64. The zero-order valence-electron chi connectivity index (χ0n) is 10.2. The van der Waals surface area contributed by atoms with Gasteiger partial charge >= 0.3 is 0 Å². The molecule has 0 aliphatic carbocycles. The van der Waals surface area contributed by atoms with Gasteiger partial charge in [-0.3, -0.25) is 4.79 Å². The number of rotatable bonds is 4. The van der Waals surface area contributed by atoms with E-state index in [0.717, 1.165) is 0 Å². The van der Waals surface area contributed by atoms with Crippen molar-refractivity contribution in [2.45, 2.75) is 6.92 Å². The van der Waals surface area contributed by atoms with Crippen LogP contribution in [0.5, 0.6) is 0 Å². The lowest BCUT2D eigenvalue weighted by molar-refractivity contribution is 0.102. The minimum Gasteiger partial charge on any atom is -0.370 e. The highest BCUT2D eigenvalue weighted by molar-refractivity contribution is 6.34. The number of aromatic nitrogens is 3. The van der Waals surface area contributed by atoms with Crippen molar-refractivity contribution < 1.29 is 4.79 Å². The molecule has 0 aliphatic rings. The second kappa shape index (κ2) is 6.10. The van der Waals surface area contributed by atoms with E-state index < -0.39 is 5.91 Å². The first kappa shape index (κ1) is 13.2. The van der Waals surface area contributed by atoms with Gasteiger partial charge in [-0.15, -0.1) is 5.10 Å². The number of carbonyl (C=O) groups excluding carboxylic acids is 1. The zero-order valence-corrected chi connectivity index (χ0v) is 11.0. The molecule has 0 aliphatic heterocycles.